The van der Waals surface area contributed by atoms with Crippen molar-refractivity contribution in [3.05, 3.63) is 24.3 Å². The van der Waals surface area contributed by atoms with E-state index in [1.807, 2.05) is 24.3 Å². The van der Waals surface area contributed by atoms with Gasteiger partial charge in [0.15, 0.2) is 0 Å². The third-order valence-corrected chi connectivity index (χ3v) is 11.1. The molecule has 310 valence electrons. The van der Waals surface area contributed by atoms with Gasteiger partial charge in [0.25, 0.3) is 0 Å². The van der Waals surface area contributed by atoms with Gasteiger partial charge in [-0.25, -0.2) is 0 Å². The van der Waals surface area contributed by atoms with Crippen molar-refractivity contribution in [1.29, 1.82) is 0 Å². The minimum Gasteiger partial charge on any atom is -0.424 e. The highest BCUT2D eigenvalue weighted by Crippen LogP contribution is 2.24. The molecule has 2 N–H and O–H groups in total. The maximum absolute atomic E-state index is 6.11. The van der Waals surface area contributed by atoms with Crippen molar-refractivity contribution in [3.63, 3.8) is 0 Å². The molecule has 2 rings (SSSR count). The lowest BCUT2D eigenvalue weighted by Crippen LogP contribution is -2.25. The van der Waals surface area contributed by atoms with Gasteiger partial charge < -0.3 is 20.3 Å². The molecule has 0 radical (unpaired) electrons. The van der Waals surface area contributed by atoms with Gasteiger partial charge in [-0.1, -0.05) is 206 Å². The minimum absolute atomic E-state index is 0.331. The number of unbranched alkanes of at least 4 members (excludes halogenated alkanes) is 30. The molecular formula is C47H86N6O. The lowest BCUT2D eigenvalue weighted by Gasteiger charge is -2.22. The predicted octanol–water partition coefficient (Wildman–Crippen LogP) is 14.6. The second-order valence-corrected chi connectivity index (χ2v) is 16.3. The number of nitrogens with zero attached hydrogens (tertiary/aromatic N) is 5. The molecule has 0 saturated carbocycles. The van der Waals surface area contributed by atoms with Crippen LogP contribution in [0, 0.1) is 0 Å². The van der Waals surface area contributed by atoms with Crippen LogP contribution < -0.4 is 20.3 Å². The fourth-order valence-corrected chi connectivity index (χ4v) is 7.36. The molecule has 0 unspecified atom stereocenters. The average molecular weight is 751 g/mol. The normalized spacial score (nSPS) is 11.3. The van der Waals surface area contributed by atoms with E-state index in [-0.39, 0.29) is 0 Å². The van der Waals surface area contributed by atoms with Crippen LogP contribution in [0.2, 0.25) is 0 Å². The van der Waals surface area contributed by atoms with Gasteiger partial charge in [0.2, 0.25) is 11.9 Å². The van der Waals surface area contributed by atoms with Crippen LogP contribution in [0.3, 0.4) is 0 Å². The fourth-order valence-electron chi connectivity index (χ4n) is 7.36. The summed E-state index contributed by atoms with van der Waals surface area (Å²) in [5.74, 6) is 2.02. The van der Waals surface area contributed by atoms with Gasteiger partial charge in [-0.05, 0) is 37.1 Å². The first-order valence-corrected chi connectivity index (χ1v) is 23.2. The zero-order valence-corrected chi connectivity index (χ0v) is 36.1. The van der Waals surface area contributed by atoms with Gasteiger partial charge in [-0.3, -0.25) is 0 Å². The third-order valence-electron chi connectivity index (χ3n) is 11.1. The highest BCUT2D eigenvalue weighted by atomic mass is 16.5. The summed E-state index contributed by atoms with van der Waals surface area (Å²) in [6, 6.07) is 7.73. The lowest BCUT2D eigenvalue weighted by molar-refractivity contribution is 0.439. The van der Waals surface area contributed by atoms with E-state index in [2.05, 4.69) is 37.7 Å². The van der Waals surface area contributed by atoms with E-state index in [1.54, 1.807) is 0 Å². The quantitative estimate of drug-likeness (QED) is 0.0540. The maximum atomic E-state index is 6.11. The van der Waals surface area contributed by atoms with Gasteiger partial charge in [-0.2, -0.15) is 15.0 Å². The molecule has 0 saturated heterocycles. The van der Waals surface area contributed by atoms with E-state index in [0.29, 0.717) is 29.3 Å². The summed E-state index contributed by atoms with van der Waals surface area (Å²) < 4.78 is 6.11. The standard InChI is InChI=1S/C47H86N6O/c1-5-7-9-11-13-15-17-19-21-23-25-27-29-31-33-35-41-52(3)45-49-46(51-47(50-45)54-44-39-37-43(48)38-40-44)53(4)42-36-34-32-30-28-26-24-22-20-18-16-14-12-10-8-6-2/h37-40H,5-36,41-42,48H2,1-4H3. The van der Waals surface area contributed by atoms with Crippen molar-refractivity contribution < 1.29 is 4.74 Å². The average Bonchev–Trinajstić information content (AvgIpc) is 3.18. The van der Waals surface area contributed by atoms with Crippen LogP contribution in [-0.2, 0) is 0 Å². The van der Waals surface area contributed by atoms with Crippen molar-refractivity contribution in [3.8, 4) is 11.8 Å². The SMILES string of the molecule is CCCCCCCCCCCCCCCCCCN(C)c1nc(Oc2ccc(N)cc2)nc(N(C)CCCCCCCCCCCCCCCCCC)n1. The molecule has 0 spiro atoms. The van der Waals surface area contributed by atoms with Crippen LogP contribution in [0.15, 0.2) is 24.3 Å². The molecule has 0 aliphatic heterocycles. The highest BCUT2D eigenvalue weighted by Gasteiger charge is 2.15. The number of nitrogen functional groups attached to an aromatic ring is 1. The smallest absolute Gasteiger partial charge is 0.328 e. The minimum atomic E-state index is 0.331. The Kier molecular flexibility index (Phi) is 29.7. The van der Waals surface area contributed by atoms with Crippen LogP contribution in [0.1, 0.15) is 219 Å². The Hall–Kier alpha value is -2.57. The Labute approximate surface area is 334 Å². The van der Waals surface area contributed by atoms with Crippen LogP contribution in [0.25, 0.3) is 0 Å². The number of hydrogen-bond acceptors (Lipinski definition) is 7. The molecule has 7 heteroatoms. The summed E-state index contributed by atoms with van der Waals surface area (Å²) in [6.07, 6.45) is 44.1. The topological polar surface area (TPSA) is 80.4 Å². The number of rotatable bonds is 38. The molecule has 1 aromatic carbocycles. The first kappa shape index (κ1) is 47.6. The summed E-state index contributed by atoms with van der Waals surface area (Å²) in [6.45, 7) is 6.44. The van der Waals surface area contributed by atoms with E-state index in [0.717, 1.165) is 25.9 Å². The molecule has 0 bridgehead atoms. The van der Waals surface area contributed by atoms with E-state index in [9.17, 15) is 0 Å². The van der Waals surface area contributed by atoms with Crippen molar-refractivity contribution in [2.75, 3.05) is 42.7 Å². The number of anilines is 3. The second-order valence-electron chi connectivity index (χ2n) is 16.3. The Morgan fingerprint density at radius 2 is 0.685 bits per heavy atom. The lowest BCUT2D eigenvalue weighted by atomic mass is 10.0. The Morgan fingerprint density at radius 1 is 0.407 bits per heavy atom. The van der Waals surface area contributed by atoms with Crippen LogP contribution in [0.5, 0.6) is 11.8 Å². The number of ether oxygens (including phenoxy) is 1. The van der Waals surface area contributed by atoms with Crippen LogP contribution in [-0.4, -0.2) is 42.1 Å². The van der Waals surface area contributed by atoms with Gasteiger partial charge in [-0.15, -0.1) is 0 Å². The highest BCUT2D eigenvalue weighted by molar-refractivity contribution is 5.43. The first-order chi connectivity index (χ1) is 26.5. The van der Waals surface area contributed by atoms with E-state index >= 15 is 0 Å². The van der Waals surface area contributed by atoms with Crippen molar-refractivity contribution in [2.24, 2.45) is 0 Å². The first-order valence-electron chi connectivity index (χ1n) is 23.2. The molecule has 1 aromatic heterocycles. The third kappa shape index (κ3) is 25.5. The number of nitrogens with two attached hydrogens (primary N) is 1. The van der Waals surface area contributed by atoms with E-state index < -0.39 is 0 Å². The molecule has 7 nitrogen and oxygen atoms in total. The molecule has 0 atom stereocenters. The van der Waals surface area contributed by atoms with Gasteiger partial charge >= 0.3 is 6.01 Å². The van der Waals surface area contributed by atoms with Gasteiger partial charge in [0, 0.05) is 32.9 Å². The molecule has 2 aromatic rings. The van der Waals surface area contributed by atoms with Crippen LogP contribution >= 0.6 is 0 Å². The van der Waals surface area contributed by atoms with Crippen molar-refractivity contribution in [1.82, 2.24) is 15.0 Å². The fraction of sp³-hybridized carbons (Fsp3) is 0.809. The Bertz CT molecular complexity index is 1050. The number of hydrogen-bond donors (Lipinski definition) is 1. The maximum Gasteiger partial charge on any atom is 0.328 e. The Balaban J connectivity index is 1.65. The molecule has 0 amide bonds. The zero-order chi connectivity index (χ0) is 38.7. The molecule has 54 heavy (non-hydrogen) atoms. The summed E-state index contributed by atoms with van der Waals surface area (Å²) in [5, 5.41) is 0. The Morgan fingerprint density at radius 3 is 0.981 bits per heavy atom. The van der Waals surface area contributed by atoms with Crippen molar-refractivity contribution >= 4 is 17.6 Å². The van der Waals surface area contributed by atoms with Crippen molar-refractivity contribution in [2.45, 2.75) is 219 Å². The van der Waals surface area contributed by atoms with E-state index in [1.165, 1.54) is 193 Å². The number of aromatic nitrogens is 3. The molecule has 1 heterocycles. The van der Waals surface area contributed by atoms with E-state index in [4.69, 9.17) is 25.4 Å². The summed E-state index contributed by atoms with van der Waals surface area (Å²) in [7, 11) is 4.18. The zero-order valence-electron chi connectivity index (χ0n) is 36.1. The molecule has 0 aliphatic carbocycles. The van der Waals surface area contributed by atoms with Gasteiger partial charge in [0.05, 0.1) is 0 Å². The monoisotopic (exact) mass is 751 g/mol. The molecular weight excluding hydrogens is 665 g/mol. The van der Waals surface area contributed by atoms with Gasteiger partial charge in [0.1, 0.15) is 5.75 Å². The molecule has 0 aliphatic rings. The predicted molar refractivity (Wildman–Crippen MR) is 236 cm³/mol. The summed E-state index contributed by atoms with van der Waals surface area (Å²) in [5.41, 5.74) is 6.61. The summed E-state index contributed by atoms with van der Waals surface area (Å²) >= 11 is 0. The molecule has 0 fully saturated rings. The number of benzene rings is 1. The van der Waals surface area contributed by atoms with Crippen LogP contribution in [0.4, 0.5) is 17.6 Å². The second kappa shape index (κ2) is 33.7. The summed E-state index contributed by atoms with van der Waals surface area (Å²) in [4.78, 5) is 18.7. The largest absolute Gasteiger partial charge is 0.424 e.